The topological polar surface area (TPSA) is 75.0 Å². The second-order valence-electron chi connectivity index (χ2n) is 7.85. The van der Waals surface area contributed by atoms with Crippen LogP contribution in [-0.4, -0.2) is 42.6 Å². The molecule has 154 valence electrons. The van der Waals surface area contributed by atoms with E-state index in [1.54, 1.807) is 12.3 Å². The normalized spacial score (nSPS) is 19.4. The minimum absolute atomic E-state index is 0.0126. The van der Waals surface area contributed by atoms with Gasteiger partial charge in [0.2, 0.25) is 5.91 Å². The molecular formula is C22H27N3O4. The second-order valence-corrected chi connectivity index (χ2v) is 7.85. The highest BCUT2D eigenvalue weighted by atomic mass is 16.5. The largest absolute Gasteiger partial charge is 0.487 e. The maximum absolute atomic E-state index is 13.2. The first-order valence-corrected chi connectivity index (χ1v) is 10.1. The summed E-state index contributed by atoms with van der Waals surface area (Å²) in [6.07, 6.45) is 2.86. The third kappa shape index (κ3) is 4.23. The molecule has 7 nitrogen and oxygen atoms in total. The van der Waals surface area contributed by atoms with Gasteiger partial charge < -0.3 is 19.4 Å². The van der Waals surface area contributed by atoms with E-state index in [-0.39, 0.29) is 24.0 Å². The first-order chi connectivity index (χ1) is 14.0. The van der Waals surface area contributed by atoms with Crippen molar-refractivity contribution in [2.45, 2.75) is 39.3 Å². The highest BCUT2D eigenvalue weighted by Crippen LogP contribution is 2.35. The molecule has 0 saturated carbocycles. The average molecular weight is 397 g/mol. The van der Waals surface area contributed by atoms with E-state index in [1.807, 2.05) is 47.9 Å². The number of urea groups is 1. The molecule has 0 radical (unpaired) electrons. The van der Waals surface area contributed by atoms with Crippen molar-refractivity contribution in [1.82, 2.24) is 10.2 Å². The number of hydrogen-bond donors (Lipinski definition) is 1. The van der Waals surface area contributed by atoms with E-state index in [1.165, 1.54) is 0 Å². The number of carbonyl (C=O) groups is 2. The quantitative estimate of drug-likeness (QED) is 0.862. The average Bonchev–Trinajstić information content (AvgIpc) is 3.25. The Balaban J connectivity index is 1.36. The molecular weight excluding hydrogens is 370 g/mol. The molecule has 0 bridgehead atoms. The van der Waals surface area contributed by atoms with Crippen LogP contribution in [0.15, 0.2) is 41.0 Å². The Morgan fingerprint density at radius 2 is 2.00 bits per heavy atom. The fourth-order valence-corrected chi connectivity index (χ4v) is 3.96. The summed E-state index contributed by atoms with van der Waals surface area (Å²) < 4.78 is 11.1. The van der Waals surface area contributed by atoms with E-state index >= 15 is 0 Å². The number of hydrogen-bond acceptors (Lipinski definition) is 4. The fourth-order valence-electron chi connectivity index (χ4n) is 3.96. The molecule has 2 aromatic rings. The third-order valence-electron chi connectivity index (χ3n) is 5.56. The number of anilines is 1. The van der Waals surface area contributed by atoms with Gasteiger partial charge in [-0.1, -0.05) is 6.07 Å². The van der Waals surface area contributed by atoms with Gasteiger partial charge in [0.25, 0.3) is 0 Å². The van der Waals surface area contributed by atoms with Gasteiger partial charge in [-0.15, -0.1) is 0 Å². The molecule has 1 unspecified atom stereocenters. The Hall–Kier alpha value is -2.96. The number of rotatable bonds is 3. The molecule has 1 N–H and O–H groups in total. The van der Waals surface area contributed by atoms with Crippen LogP contribution in [0.1, 0.15) is 31.1 Å². The molecule has 7 heteroatoms. The number of likely N-dealkylation sites (tertiary alicyclic amines) is 1. The van der Waals surface area contributed by atoms with Crippen molar-refractivity contribution < 1.29 is 18.7 Å². The van der Waals surface area contributed by atoms with Crippen molar-refractivity contribution in [2.75, 3.05) is 24.5 Å². The molecule has 1 aromatic carbocycles. The van der Waals surface area contributed by atoms with Gasteiger partial charge in [-0.25, -0.2) is 4.79 Å². The molecule has 1 atom stereocenters. The zero-order valence-corrected chi connectivity index (χ0v) is 16.9. The second kappa shape index (κ2) is 8.19. The highest BCUT2D eigenvalue weighted by molar-refractivity contribution is 5.94. The van der Waals surface area contributed by atoms with E-state index in [2.05, 4.69) is 5.32 Å². The van der Waals surface area contributed by atoms with E-state index in [0.29, 0.717) is 39.0 Å². The molecule has 2 aliphatic heterocycles. The maximum atomic E-state index is 13.2. The van der Waals surface area contributed by atoms with Gasteiger partial charge in [-0.05, 0) is 56.5 Å². The minimum atomic E-state index is -0.0767. The Morgan fingerprint density at radius 3 is 2.72 bits per heavy atom. The van der Waals surface area contributed by atoms with Crippen LogP contribution in [0.25, 0.3) is 0 Å². The number of nitrogens with one attached hydrogen (secondary N) is 1. The van der Waals surface area contributed by atoms with E-state index in [4.69, 9.17) is 9.15 Å². The van der Waals surface area contributed by atoms with Gasteiger partial charge in [0.1, 0.15) is 17.6 Å². The summed E-state index contributed by atoms with van der Waals surface area (Å²) in [5.41, 5.74) is 1.91. The van der Waals surface area contributed by atoms with Gasteiger partial charge >= 0.3 is 6.03 Å². The number of fused-ring (bicyclic) bond motifs is 1. The maximum Gasteiger partial charge on any atom is 0.324 e. The van der Waals surface area contributed by atoms with Gasteiger partial charge in [0.05, 0.1) is 25.0 Å². The van der Waals surface area contributed by atoms with E-state index < -0.39 is 0 Å². The molecule has 29 heavy (non-hydrogen) atoms. The summed E-state index contributed by atoms with van der Waals surface area (Å²) in [7, 11) is 0. The summed E-state index contributed by atoms with van der Waals surface area (Å²) in [5.74, 6) is 1.43. The van der Waals surface area contributed by atoms with Crippen LogP contribution in [0.3, 0.4) is 0 Å². The Kier molecular flexibility index (Phi) is 5.47. The SMILES string of the molecule is Cc1ccc2c(c1)N(C(=O)N1CCC(C(=O)NCc3ccco3)CC1)CC(C)O2. The third-order valence-corrected chi connectivity index (χ3v) is 5.56. The zero-order valence-electron chi connectivity index (χ0n) is 16.9. The van der Waals surface area contributed by atoms with E-state index in [9.17, 15) is 9.59 Å². The summed E-state index contributed by atoms with van der Waals surface area (Å²) in [6, 6.07) is 9.54. The van der Waals surface area contributed by atoms with Crippen LogP contribution < -0.4 is 15.0 Å². The lowest BCUT2D eigenvalue weighted by molar-refractivity contribution is -0.126. The molecule has 3 amide bonds. The Morgan fingerprint density at radius 1 is 1.21 bits per heavy atom. The Labute approximate surface area is 170 Å². The summed E-state index contributed by atoms with van der Waals surface area (Å²) >= 11 is 0. The molecule has 1 fully saturated rings. The van der Waals surface area contributed by atoms with Crippen molar-refractivity contribution in [1.29, 1.82) is 0 Å². The molecule has 0 spiro atoms. The zero-order chi connectivity index (χ0) is 20.4. The number of carbonyl (C=O) groups excluding carboxylic acids is 2. The lowest BCUT2D eigenvalue weighted by atomic mass is 9.96. The minimum Gasteiger partial charge on any atom is -0.487 e. The van der Waals surface area contributed by atoms with Crippen LogP contribution in [0.2, 0.25) is 0 Å². The standard InChI is InChI=1S/C22H27N3O4/c1-15-5-6-20-19(12-15)25(14-16(2)29-20)22(27)24-9-7-17(8-10-24)21(26)23-13-18-4-3-11-28-18/h3-6,11-12,16-17H,7-10,13-14H2,1-2H3,(H,23,26). The van der Waals surface area contributed by atoms with Crippen molar-refractivity contribution in [2.24, 2.45) is 5.92 Å². The lowest BCUT2D eigenvalue weighted by Crippen LogP contribution is -2.52. The number of nitrogens with zero attached hydrogens (tertiary/aromatic N) is 2. The smallest absolute Gasteiger partial charge is 0.324 e. The molecule has 0 aliphatic carbocycles. The van der Waals surface area contributed by atoms with Crippen LogP contribution >= 0.6 is 0 Å². The van der Waals surface area contributed by atoms with Crippen LogP contribution in [0.5, 0.6) is 5.75 Å². The van der Waals surface area contributed by atoms with Gasteiger partial charge in [0.15, 0.2) is 0 Å². The highest BCUT2D eigenvalue weighted by Gasteiger charge is 2.34. The monoisotopic (exact) mass is 397 g/mol. The molecule has 1 aromatic heterocycles. The Bertz CT molecular complexity index is 872. The van der Waals surface area contributed by atoms with Crippen molar-refractivity contribution in [3.63, 3.8) is 0 Å². The molecule has 3 heterocycles. The lowest BCUT2D eigenvalue weighted by Gasteiger charge is -2.39. The van der Waals surface area contributed by atoms with Crippen molar-refractivity contribution in [3.05, 3.63) is 47.9 Å². The number of benzene rings is 1. The molecule has 4 rings (SSSR count). The number of piperidine rings is 1. The number of ether oxygens (including phenoxy) is 1. The number of aryl methyl sites for hydroxylation is 1. The van der Waals surface area contributed by atoms with Crippen LogP contribution in [0, 0.1) is 12.8 Å². The fraction of sp³-hybridized carbons (Fsp3) is 0.455. The van der Waals surface area contributed by atoms with Gasteiger partial charge in [0, 0.05) is 19.0 Å². The predicted molar refractivity (Wildman–Crippen MR) is 109 cm³/mol. The number of furan rings is 1. The van der Waals surface area contributed by atoms with E-state index in [0.717, 1.165) is 22.8 Å². The summed E-state index contributed by atoms with van der Waals surface area (Å²) in [5, 5.41) is 2.92. The first-order valence-electron chi connectivity index (χ1n) is 10.1. The predicted octanol–water partition coefficient (Wildman–Crippen LogP) is 3.32. The molecule has 1 saturated heterocycles. The van der Waals surface area contributed by atoms with Crippen molar-refractivity contribution >= 4 is 17.6 Å². The number of amides is 3. The molecule has 2 aliphatic rings. The first kappa shape index (κ1) is 19.4. The van der Waals surface area contributed by atoms with Gasteiger partial charge in [-0.2, -0.15) is 0 Å². The van der Waals surface area contributed by atoms with Crippen LogP contribution in [0.4, 0.5) is 10.5 Å². The summed E-state index contributed by atoms with van der Waals surface area (Å²) in [4.78, 5) is 29.3. The van der Waals surface area contributed by atoms with Crippen LogP contribution in [-0.2, 0) is 11.3 Å². The van der Waals surface area contributed by atoms with Crippen molar-refractivity contribution in [3.8, 4) is 5.75 Å². The summed E-state index contributed by atoms with van der Waals surface area (Å²) in [6.45, 7) is 6.05. The van der Waals surface area contributed by atoms with Gasteiger partial charge in [-0.3, -0.25) is 9.69 Å².